The van der Waals surface area contributed by atoms with E-state index in [2.05, 4.69) is 0 Å². The fourth-order valence-electron chi connectivity index (χ4n) is 1.22. The first-order valence-electron chi connectivity index (χ1n) is 5.53. The van der Waals surface area contributed by atoms with Gasteiger partial charge in [-0.25, -0.2) is 4.39 Å². The lowest BCUT2D eigenvalue weighted by atomic mass is 9.96. The Morgan fingerprint density at radius 3 is 2.24 bits per heavy atom. The van der Waals surface area contributed by atoms with Crippen molar-refractivity contribution in [2.45, 2.75) is 13.8 Å². The molecular formula is C14H14BFO. The van der Waals surface area contributed by atoms with Crippen molar-refractivity contribution in [3.8, 4) is 11.5 Å². The van der Waals surface area contributed by atoms with E-state index in [1.165, 1.54) is 12.1 Å². The van der Waals surface area contributed by atoms with Crippen LogP contribution >= 0.6 is 0 Å². The van der Waals surface area contributed by atoms with Crippen LogP contribution in [0.4, 0.5) is 4.39 Å². The van der Waals surface area contributed by atoms with Crippen LogP contribution in [-0.2, 0) is 0 Å². The molecule has 0 saturated carbocycles. The van der Waals surface area contributed by atoms with Gasteiger partial charge in [0.15, 0.2) is 11.6 Å². The van der Waals surface area contributed by atoms with E-state index in [0.29, 0.717) is 11.2 Å². The maximum absolute atomic E-state index is 13.3. The lowest BCUT2D eigenvalue weighted by molar-refractivity contribution is 0.443. The van der Waals surface area contributed by atoms with Crippen molar-refractivity contribution in [2.24, 2.45) is 0 Å². The molecule has 0 atom stereocenters. The first-order valence-corrected chi connectivity index (χ1v) is 5.53. The summed E-state index contributed by atoms with van der Waals surface area (Å²) in [5.41, 5.74) is 0.382. The zero-order valence-corrected chi connectivity index (χ0v) is 9.98. The summed E-state index contributed by atoms with van der Waals surface area (Å²) in [5, 5.41) is 0. The Hall–Kier alpha value is -1.77. The minimum atomic E-state index is -0.459. The van der Waals surface area contributed by atoms with Crippen LogP contribution in [0.2, 0.25) is 0 Å². The molecule has 86 valence electrons. The highest BCUT2D eigenvalue weighted by atomic mass is 19.1. The van der Waals surface area contributed by atoms with Gasteiger partial charge in [-0.05, 0) is 24.3 Å². The van der Waals surface area contributed by atoms with E-state index in [1.807, 2.05) is 32.0 Å². The summed E-state index contributed by atoms with van der Waals surface area (Å²) < 4.78 is 18.7. The molecule has 2 aromatic carbocycles. The first kappa shape index (κ1) is 13.3. The van der Waals surface area contributed by atoms with Gasteiger partial charge in [0.25, 0.3) is 0 Å². The van der Waals surface area contributed by atoms with Gasteiger partial charge in [0, 0.05) is 0 Å². The van der Waals surface area contributed by atoms with Crippen molar-refractivity contribution in [3.05, 3.63) is 54.3 Å². The Labute approximate surface area is 103 Å². The predicted molar refractivity (Wildman–Crippen MR) is 69.7 cm³/mol. The van der Waals surface area contributed by atoms with Crippen molar-refractivity contribution in [2.75, 3.05) is 0 Å². The molecule has 17 heavy (non-hydrogen) atoms. The molecule has 2 radical (unpaired) electrons. The third-order valence-corrected chi connectivity index (χ3v) is 1.93. The molecule has 0 unspecified atom stereocenters. The van der Waals surface area contributed by atoms with Crippen molar-refractivity contribution in [1.82, 2.24) is 0 Å². The van der Waals surface area contributed by atoms with Gasteiger partial charge < -0.3 is 4.74 Å². The van der Waals surface area contributed by atoms with Crippen LogP contribution in [0.5, 0.6) is 11.5 Å². The van der Waals surface area contributed by atoms with Gasteiger partial charge in [-0.2, -0.15) is 0 Å². The standard InChI is InChI=1S/C12H8BFO.C2H6/c13-9-6-7-12(11(14)8-9)15-10-4-2-1-3-5-10;1-2/h1-8H;1-2H3. The average molecular weight is 228 g/mol. The van der Waals surface area contributed by atoms with Crippen molar-refractivity contribution < 1.29 is 9.13 Å². The molecule has 3 heteroatoms. The highest BCUT2D eigenvalue weighted by Crippen LogP contribution is 2.22. The Morgan fingerprint density at radius 2 is 1.65 bits per heavy atom. The van der Waals surface area contributed by atoms with Gasteiger partial charge in [-0.3, -0.25) is 0 Å². The number of rotatable bonds is 2. The molecule has 0 fully saturated rings. The van der Waals surface area contributed by atoms with Crippen molar-refractivity contribution in [1.29, 1.82) is 0 Å². The van der Waals surface area contributed by atoms with Gasteiger partial charge in [0.2, 0.25) is 0 Å². The van der Waals surface area contributed by atoms with E-state index < -0.39 is 5.82 Å². The molecule has 2 rings (SSSR count). The molecular weight excluding hydrogens is 214 g/mol. The fraction of sp³-hybridized carbons (Fsp3) is 0.143. The SMILES string of the molecule is CC.[B]c1ccc(Oc2ccccc2)c(F)c1. The lowest BCUT2D eigenvalue weighted by Crippen LogP contribution is -2.02. The van der Waals surface area contributed by atoms with E-state index in [-0.39, 0.29) is 5.75 Å². The highest BCUT2D eigenvalue weighted by Gasteiger charge is 2.03. The Balaban J connectivity index is 0.000000686. The van der Waals surface area contributed by atoms with Crippen LogP contribution in [0.25, 0.3) is 0 Å². The maximum atomic E-state index is 13.3. The minimum Gasteiger partial charge on any atom is -0.454 e. The molecule has 0 bridgehead atoms. The molecule has 0 aromatic heterocycles. The molecule has 0 N–H and O–H groups in total. The topological polar surface area (TPSA) is 9.23 Å². The van der Waals surface area contributed by atoms with Crippen molar-refractivity contribution in [3.63, 3.8) is 0 Å². The Morgan fingerprint density at radius 1 is 1.00 bits per heavy atom. The lowest BCUT2D eigenvalue weighted by Gasteiger charge is -2.06. The number of ether oxygens (including phenoxy) is 1. The summed E-state index contributed by atoms with van der Waals surface area (Å²) in [5.74, 6) is 0.315. The molecule has 0 aliphatic rings. The zero-order chi connectivity index (χ0) is 12.7. The average Bonchev–Trinajstić information content (AvgIpc) is 2.37. The second-order valence-electron chi connectivity index (χ2n) is 3.10. The summed E-state index contributed by atoms with van der Waals surface area (Å²) in [4.78, 5) is 0. The van der Waals surface area contributed by atoms with E-state index >= 15 is 0 Å². The fourth-order valence-corrected chi connectivity index (χ4v) is 1.22. The molecule has 0 spiro atoms. The first-order chi connectivity index (χ1) is 8.25. The van der Waals surface area contributed by atoms with Gasteiger partial charge in [0.05, 0.1) is 0 Å². The van der Waals surface area contributed by atoms with Crippen molar-refractivity contribution >= 4 is 13.3 Å². The zero-order valence-electron chi connectivity index (χ0n) is 9.98. The largest absolute Gasteiger partial charge is 0.454 e. The number of halogens is 1. The quantitative estimate of drug-likeness (QED) is 0.715. The summed E-state index contributed by atoms with van der Waals surface area (Å²) in [6.45, 7) is 4.00. The molecule has 0 amide bonds. The Bertz CT molecular complexity index is 457. The van der Waals surface area contributed by atoms with Crippen LogP contribution in [0, 0.1) is 5.82 Å². The molecule has 0 saturated heterocycles. The van der Waals surface area contributed by atoms with E-state index in [9.17, 15) is 4.39 Å². The van der Waals surface area contributed by atoms with E-state index in [0.717, 1.165) is 0 Å². The predicted octanol–water partition coefficient (Wildman–Crippen LogP) is 3.44. The normalized spacial score (nSPS) is 9.12. The summed E-state index contributed by atoms with van der Waals surface area (Å²) in [6.07, 6.45) is 0. The second-order valence-corrected chi connectivity index (χ2v) is 3.10. The van der Waals surface area contributed by atoms with Gasteiger partial charge in [-0.1, -0.05) is 43.6 Å². The molecule has 0 heterocycles. The second kappa shape index (κ2) is 6.74. The summed E-state index contributed by atoms with van der Waals surface area (Å²) in [7, 11) is 5.43. The van der Waals surface area contributed by atoms with Gasteiger partial charge >= 0.3 is 0 Å². The van der Waals surface area contributed by atoms with Crippen LogP contribution in [0.3, 0.4) is 0 Å². The molecule has 0 aliphatic carbocycles. The van der Waals surface area contributed by atoms with Crippen LogP contribution in [-0.4, -0.2) is 7.85 Å². The van der Waals surface area contributed by atoms with E-state index in [1.54, 1.807) is 18.2 Å². The third-order valence-electron chi connectivity index (χ3n) is 1.93. The van der Waals surface area contributed by atoms with Gasteiger partial charge in [-0.15, -0.1) is 0 Å². The number of hydrogen-bond donors (Lipinski definition) is 0. The van der Waals surface area contributed by atoms with E-state index in [4.69, 9.17) is 12.6 Å². The number of hydrogen-bond acceptors (Lipinski definition) is 1. The van der Waals surface area contributed by atoms with Crippen LogP contribution < -0.4 is 10.2 Å². The van der Waals surface area contributed by atoms with Crippen LogP contribution in [0.15, 0.2) is 48.5 Å². The summed E-state index contributed by atoms with van der Waals surface area (Å²) in [6, 6.07) is 13.4. The molecule has 2 aromatic rings. The molecule has 1 nitrogen and oxygen atoms in total. The maximum Gasteiger partial charge on any atom is 0.165 e. The number of benzene rings is 2. The van der Waals surface area contributed by atoms with Crippen LogP contribution in [0.1, 0.15) is 13.8 Å². The summed E-state index contributed by atoms with van der Waals surface area (Å²) >= 11 is 0. The van der Waals surface area contributed by atoms with Gasteiger partial charge in [0.1, 0.15) is 13.6 Å². The minimum absolute atomic E-state index is 0.176. The number of para-hydroxylation sites is 1. The monoisotopic (exact) mass is 228 g/mol. The Kier molecular flexibility index (Phi) is 5.27. The smallest absolute Gasteiger partial charge is 0.165 e. The third kappa shape index (κ3) is 3.95. The molecule has 0 aliphatic heterocycles. The highest BCUT2D eigenvalue weighted by molar-refractivity contribution is 6.32.